The third-order valence-electron chi connectivity index (χ3n) is 10.2. The van der Waals surface area contributed by atoms with Crippen LogP contribution in [0.4, 0.5) is 0 Å². The standard InChI is InChI=1S/C46H26O3/c1-2-12-27(13-3-1)38-26-47-40-25-24-35-34-20-11-22-37(45(34)49-46(35)43(38)40)42-31-17-6-4-15-29(31)41(30-16-5-7-18-32(30)42)36-21-10-19-33-28-14-8-9-23-39(28)48-44(33)36/h1-26H. The van der Waals surface area contributed by atoms with Crippen molar-refractivity contribution >= 4 is 76.4 Å². The third kappa shape index (κ3) is 3.67. The van der Waals surface area contributed by atoms with Crippen molar-refractivity contribution in [3.63, 3.8) is 0 Å². The van der Waals surface area contributed by atoms with Crippen LogP contribution in [0, 0.1) is 0 Å². The van der Waals surface area contributed by atoms with E-state index < -0.39 is 0 Å². The second kappa shape index (κ2) is 9.96. The van der Waals surface area contributed by atoms with Crippen LogP contribution in [0.1, 0.15) is 0 Å². The first-order chi connectivity index (χ1) is 24.3. The topological polar surface area (TPSA) is 39.4 Å². The van der Waals surface area contributed by atoms with E-state index in [9.17, 15) is 0 Å². The lowest BCUT2D eigenvalue weighted by Gasteiger charge is -2.18. The van der Waals surface area contributed by atoms with E-state index in [1.807, 2.05) is 24.5 Å². The summed E-state index contributed by atoms with van der Waals surface area (Å²) in [6, 6.07) is 53.3. The minimum absolute atomic E-state index is 0.812. The summed E-state index contributed by atoms with van der Waals surface area (Å²) in [6.07, 6.45) is 1.84. The highest BCUT2D eigenvalue weighted by molar-refractivity contribution is 6.27. The number of hydrogen-bond acceptors (Lipinski definition) is 3. The normalized spacial score (nSPS) is 12.1. The molecular formula is C46H26O3. The fraction of sp³-hybridized carbons (Fsp3) is 0. The highest BCUT2D eigenvalue weighted by Gasteiger charge is 2.23. The predicted octanol–water partition coefficient (Wildman–Crippen LogP) is 13.5. The maximum absolute atomic E-state index is 7.00. The van der Waals surface area contributed by atoms with Crippen LogP contribution in [0.15, 0.2) is 171 Å². The molecule has 0 bridgehead atoms. The first-order valence-corrected chi connectivity index (χ1v) is 16.6. The van der Waals surface area contributed by atoms with E-state index in [1.165, 1.54) is 16.3 Å². The van der Waals surface area contributed by atoms with Crippen molar-refractivity contribution in [3.05, 3.63) is 158 Å². The van der Waals surface area contributed by atoms with Gasteiger partial charge >= 0.3 is 0 Å². The molecule has 0 aliphatic heterocycles. The van der Waals surface area contributed by atoms with Crippen LogP contribution in [-0.2, 0) is 0 Å². The van der Waals surface area contributed by atoms with E-state index in [2.05, 4.69) is 133 Å². The molecule has 0 aliphatic carbocycles. The lowest BCUT2D eigenvalue weighted by atomic mass is 9.85. The average Bonchev–Trinajstić information content (AvgIpc) is 3.88. The van der Waals surface area contributed by atoms with Gasteiger partial charge in [-0.25, -0.2) is 0 Å². The molecule has 0 amide bonds. The summed E-state index contributed by atoms with van der Waals surface area (Å²) in [6.45, 7) is 0. The average molecular weight is 627 g/mol. The molecule has 0 saturated heterocycles. The molecular weight excluding hydrogens is 601 g/mol. The van der Waals surface area contributed by atoms with Crippen LogP contribution in [-0.4, -0.2) is 0 Å². The Hall–Kier alpha value is -6.58. The van der Waals surface area contributed by atoms with Gasteiger partial charge in [0.25, 0.3) is 0 Å². The zero-order valence-corrected chi connectivity index (χ0v) is 26.2. The molecule has 3 aromatic heterocycles. The predicted molar refractivity (Wildman–Crippen MR) is 202 cm³/mol. The fourth-order valence-electron chi connectivity index (χ4n) is 8.06. The smallest absolute Gasteiger partial charge is 0.147 e. The van der Waals surface area contributed by atoms with Gasteiger partial charge in [0.1, 0.15) is 27.9 Å². The summed E-state index contributed by atoms with van der Waals surface area (Å²) < 4.78 is 19.7. The highest BCUT2D eigenvalue weighted by atomic mass is 16.3. The molecule has 0 fully saturated rings. The number of para-hydroxylation sites is 3. The number of benzene rings is 8. The molecule has 8 aromatic carbocycles. The van der Waals surface area contributed by atoms with E-state index in [-0.39, 0.29) is 0 Å². The zero-order valence-electron chi connectivity index (χ0n) is 26.2. The molecule has 0 spiro atoms. The lowest BCUT2D eigenvalue weighted by Crippen LogP contribution is -1.91. The quantitative estimate of drug-likeness (QED) is 0.183. The summed E-state index contributed by atoms with van der Waals surface area (Å²) in [5.41, 5.74) is 10.9. The Kier molecular flexibility index (Phi) is 5.38. The zero-order chi connectivity index (χ0) is 32.1. The monoisotopic (exact) mass is 626 g/mol. The van der Waals surface area contributed by atoms with Crippen LogP contribution in [0.3, 0.4) is 0 Å². The first-order valence-electron chi connectivity index (χ1n) is 16.6. The molecule has 228 valence electrons. The minimum Gasteiger partial charge on any atom is -0.464 e. The number of fused-ring (bicyclic) bond motifs is 10. The summed E-state index contributed by atoms with van der Waals surface area (Å²) >= 11 is 0. The van der Waals surface area contributed by atoms with Crippen molar-refractivity contribution in [1.29, 1.82) is 0 Å². The Morgan fingerprint density at radius 3 is 1.47 bits per heavy atom. The molecule has 0 atom stereocenters. The van der Waals surface area contributed by atoms with E-state index in [0.717, 1.165) is 93.4 Å². The molecule has 0 unspecified atom stereocenters. The second-order valence-corrected chi connectivity index (χ2v) is 12.7. The summed E-state index contributed by atoms with van der Waals surface area (Å²) in [7, 11) is 0. The number of rotatable bonds is 3. The van der Waals surface area contributed by atoms with E-state index in [0.29, 0.717) is 0 Å². The SMILES string of the molecule is c1ccc(-c2coc3ccc4c5cccc(-c6c7ccccc7c(-c7cccc8c7oc7ccccc78)c7ccccc67)c5oc4c23)cc1. The van der Waals surface area contributed by atoms with Gasteiger partial charge in [0.05, 0.1) is 11.6 Å². The van der Waals surface area contributed by atoms with Gasteiger partial charge in [0.2, 0.25) is 0 Å². The third-order valence-corrected chi connectivity index (χ3v) is 10.2. The van der Waals surface area contributed by atoms with Gasteiger partial charge in [0.15, 0.2) is 0 Å². The summed E-state index contributed by atoms with van der Waals surface area (Å²) in [5.74, 6) is 0. The molecule has 49 heavy (non-hydrogen) atoms. The highest BCUT2D eigenvalue weighted by Crippen LogP contribution is 2.49. The Morgan fingerprint density at radius 2 is 0.816 bits per heavy atom. The van der Waals surface area contributed by atoms with Crippen LogP contribution in [0.25, 0.3) is 110 Å². The maximum atomic E-state index is 7.00. The molecule has 0 radical (unpaired) electrons. The largest absolute Gasteiger partial charge is 0.464 e. The molecule has 3 heterocycles. The maximum Gasteiger partial charge on any atom is 0.147 e. The number of hydrogen-bond donors (Lipinski definition) is 0. The van der Waals surface area contributed by atoms with Gasteiger partial charge in [0, 0.05) is 49.4 Å². The van der Waals surface area contributed by atoms with Crippen molar-refractivity contribution in [3.8, 4) is 33.4 Å². The molecule has 3 heteroatoms. The summed E-state index contributed by atoms with van der Waals surface area (Å²) in [4.78, 5) is 0. The molecule has 11 aromatic rings. The van der Waals surface area contributed by atoms with Crippen molar-refractivity contribution in [2.45, 2.75) is 0 Å². The first kappa shape index (κ1) is 26.5. The van der Waals surface area contributed by atoms with Crippen LogP contribution in [0.2, 0.25) is 0 Å². The van der Waals surface area contributed by atoms with Crippen LogP contribution >= 0.6 is 0 Å². The van der Waals surface area contributed by atoms with Crippen molar-refractivity contribution in [2.24, 2.45) is 0 Å². The van der Waals surface area contributed by atoms with E-state index in [1.54, 1.807) is 0 Å². The van der Waals surface area contributed by atoms with Crippen molar-refractivity contribution in [1.82, 2.24) is 0 Å². The second-order valence-electron chi connectivity index (χ2n) is 12.7. The van der Waals surface area contributed by atoms with Gasteiger partial charge in [-0.3, -0.25) is 0 Å². The summed E-state index contributed by atoms with van der Waals surface area (Å²) in [5, 5.41) is 10.1. The van der Waals surface area contributed by atoms with Crippen molar-refractivity contribution in [2.75, 3.05) is 0 Å². The molecule has 11 rings (SSSR count). The molecule has 0 saturated carbocycles. The van der Waals surface area contributed by atoms with E-state index >= 15 is 0 Å². The minimum atomic E-state index is 0.812. The van der Waals surface area contributed by atoms with Gasteiger partial charge in [-0.15, -0.1) is 0 Å². The van der Waals surface area contributed by atoms with Gasteiger partial charge < -0.3 is 13.3 Å². The number of furan rings is 3. The Morgan fingerprint density at radius 1 is 0.306 bits per heavy atom. The Labute approximate surface area is 280 Å². The molecule has 0 N–H and O–H groups in total. The van der Waals surface area contributed by atoms with Gasteiger partial charge in [-0.2, -0.15) is 0 Å². The van der Waals surface area contributed by atoms with E-state index in [4.69, 9.17) is 13.3 Å². The van der Waals surface area contributed by atoms with Crippen LogP contribution in [0.5, 0.6) is 0 Å². The lowest BCUT2D eigenvalue weighted by molar-refractivity contribution is 0.616. The van der Waals surface area contributed by atoms with Crippen molar-refractivity contribution < 1.29 is 13.3 Å². The Balaban J connectivity index is 1.25. The van der Waals surface area contributed by atoms with Gasteiger partial charge in [-0.1, -0.05) is 133 Å². The molecule has 3 nitrogen and oxygen atoms in total. The van der Waals surface area contributed by atoms with Gasteiger partial charge in [-0.05, 0) is 45.3 Å². The van der Waals surface area contributed by atoms with Crippen LogP contribution < -0.4 is 0 Å². The Bertz CT molecular complexity index is 3040. The fourth-order valence-corrected chi connectivity index (χ4v) is 8.06. The molecule has 0 aliphatic rings.